The van der Waals surface area contributed by atoms with Crippen molar-refractivity contribution in [3.8, 4) is 0 Å². The van der Waals surface area contributed by atoms with Crippen molar-refractivity contribution < 1.29 is 14.3 Å². The first kappa shape index (κ1) is 21.0. The SMILES string of the molecule is CC(C)CNC(=O)c1cc([C@H]2CN(C(=O)c3ccccc3)CCO2)nc2ccccc12. The Hall–Kier alpha value is -3.25. The van der Waals surface area contributed by atoms with Crippen LogP contribution in [-0.4, -0.2) is 47.9 Å². The summed E-state index contributed by atoms with van der Waals surface area (Å²) in [6.45, 7) is 6.07. The van der Waals surface area contributed by atoms with E-state index in [0.717, 1.165) is 10.9 Å². The van der Waals surface area contributed by atoms with Gasteiger partial charge in [0.1, 0.15) is 6.10 Å². The molecule has 3 aromatic rings. The number of carbonyl (C=O) groups excluding carboxylic acids is 2. The Morgan fingerprint density at radius 2 is 1.87 bits per heavy atom. The molecule has 6 nitrogen and oxygen atoms in total. The van der Waals surface area contributed by atoms with Crippen molar-refractivity contribution in [2.24, 2.45) is 5.92 Å². The lowest BCUT2D eigenvalue weighted by atomic mass is 10.0. The van der Waals surface area contributed by atoms with Crippen molar-refractivity contribution in [2.45, 2.75) is 20.0 Å². The van der Waals surface area contributed by atoms with E-state index in [9.17, 15) is 9.59 Å². The number of carbonyl (C=O) groups is 2. The number of hydrogen-bond acceptors (Lipinski definition) is 4. The zero-order valence-corrected chi connectivity index (χ0v) is 17.9. The standard InChI is InChI=1S/C25H27N3O3/c1-17(2)15-26-24(29)20-14-22(27-21-11-7-6-10-19(20)21)23-16-28(12-13-31-23)25(30)18-8-4-3-5-9-18/h3-11,14,17,23H,12-13,15-16H2,1-2H3,(H,26,29)/t23-/m1/s1. The Bertz CT molecular complexity index is 1080. The van der Waals surface area contributed by atoms with Crippen LogP contribution in [0.25, 0.3) is 10.9 Å². The molecule has 4 rings (SSSR count). The molecule has 31 heavy (non-hydrogen) atoms. The minimum Gasteiger partial charge on any atom is -0.368 e. The lowest BCUT2D eigenvalue weighted by Gasteiger charge is -2.33. The lowest BCUT2D eigenvalue weighted by molar-refractivity contribution is -0.0246. The van der Waals surface area contributed by atoms with E-state index in [4.69, 9.17) is 9.72 Å². The highest BCUT2D eigenvalue weighted by Crippen LogP contribution is 2.27. The normalized spacial score (nSPS) is 16.5. The van der Waals surface area contributed by atoms with Gasteiger partial charge in [0.05, 0.1) is 29.9 Å². The fraction of sp³-hybridized carbons (Fsp3) is 0.320. The summed E-state index contributed by atoms with van der Waals surface area (Å²) in [7, 11) is 0. The number of rotatable bonds is 5. The van der Waals surface area contributed by atoms with Crippen molar-refractivity contribution in [3.05, 3.63) is 77.5 Å². The van der Waals surface area contributed by atoms with Gasteiger partial charge in [0.15, 0.2) is 0 Å². The van der Waals surface area contributed by atoms with E-state index in [1.807, 2.05) is 54.6 Å². The lowest BCUT2D eigenvalue weighted by Crippen LogP contribution is -2.42. The molecule has 1 atom stereocenters. The maximum absolute atomic E-state index is 12.9. The number of nitrogens with one attached hydrogen (secondary N) is 1. The van der Waals surface area contributed by atoms with Crippen LogP contribution >= 0.6 is 0 Å². The second-order valence-electron chi connectivity index (χ2n) is 8.19. The van der Waals surface area contributed by atoms with E-state index in [0.29, 0.717) is 49.0 Å². The van der Waals surface area contributed by atoms with Crippen molar-refractivity contribution in [3.63, 3.8) is 0 Å². The molecule has 6 heteroatoms. The van der Waals surface area contributed by atoms with Crippen LogP contribution in [0.3, 0.4) is 0 Å². The third kappa shape index (κ3) is 4.75. The molecule has 0 aliphatic carbocycles. The van der Waals surface area contributed by atoms with E-state index >= 15 is 0 Å². The first-order valence-corrected chi connectivity index (χ1v) is 10.7. The molecular weight excluding hydrogens is 390 g/mol. The van der Waals surface area contributed by atoms with Gasteiger partial charge in [0, 0.05) is 24.0 Å². The number of amides is 2. The summed E-state index contributed by atoms with van der Waals surface area (Å²) >= 11 is 0. The van der Waals surface area contributed by atoms with Crippen LogP contribution in [0, 0.1) is 5.92 Å². The van der Waals surface area contributed by atoms with Crippen molar-refractivity contribution in [2.75, 3.05) is 26.2 Å². The highest BCUT2D eigenvalue weighted by atomic mass is 16.5. The summed E-state index contributed by atoms with van der Waals surface area (Å²) in [5.41, 5.74) is 2.64. The Morgan fingerprint density at radius 3 is 2.65 bits per heavy atom. The molecule has 1 aliphatic heterocycles. The van der Waals surface area contributed by atoms with Gasteiger partial charge in [-0.05, 0) is 30.2 Å². The minimum absolute atomic E-state index is 0.0235. The number of ether oxygens (including phenoxy) is 1. The number of aromatic nitrogens is 1. The molecule has 0 bridgehead atoms. The van der Waals surface area contributed by atoms with Gasteiger partial charge in [-0.25, -0.2) is 4.98 Å². The smallest absolute Gasteiger partial charge is 0.254 e. The number of hydrogen-bond donors (Lipinski definition) is 1. The molecule has 0 unspecified atom stereocenters. The molecule has 1 N–H and O–H groups in total. The third-order valence-corrected chi connectivity index (χ3v) is 5.36. The van der Waals surface area contributed by atoms with Crippen LogP contribution in [0.15, 0.2) is 60.7 Å². The number of fused-ring (bicyclic) bond motifs is 1. The summed E-state index contributed by atoms with van der Waals surface area (Å²) in [5, 5.41) is 3.80. The first-order valence-electron chi connectivity index (χ1n) is 10.7. The van der Waals surface area contributed by atoms with Crippen molar-refractivity contribution >= 4 is 22.7 Å². The molecule has 1 saturated heterocycles. The molecule has 1 aliphatic rings. The van der Waals surface area contributed by atoms with E-state index in [-0.39, 0.29) is 17.9 Å². The van der Waals surface area contributed by atoms with Gasteiger partial charge < -0.3 is 15.0 Å². The summed E-state index contributed by atoms with van der Waals surface area (Å²) in [6, 6.07) is 18.7. The number of nitrogens with zero attached hydrogens (tertiary/aromatic N) is 2. The molecule has 0 spiro atoms. The predicted octanol–water partition coefficient (Wildman–Crippen LogP) is 3.83. The summed E-state index contributed by atoms with van der Waals surface area (Å²) in [5.74, 6) is 0.210. The fourth-order valence-electron chi connectivity index (χ4n) is 3.72. The Morgan fingerprint density at radius 1 is 1.13 bits per heavy atom. The molecule has 2 aromatic carbocycles. The van der Waals surface area contributed by atoms with E-state index < -0.39 is 0 Å². The monoisotopic (exact) mass is 417 g/mol. The average Bonchev–Trinajstić information content (AvgIpc) is 2.82. The van der Waals surface area contributed by atoms with Crippen LogP contribution in [0.1, 0.15) is 46.4 Å². The predicted molar refractivity (Wildman–Crippen MR) is 120 cm³/mol. The van der Waals surface area contributed by atoms with Gasteiger partial charge in [-0.2, -0.15) is 0 Å². The van der Waals surface area contributed by atoms with E-state index in [1.165, 1.54) is 0 Å². The summed E-state index contributed by atoms with van der Waals surface area (Å²) < 4.78 is 5.97. The highest BCUT2D eigenvalue weighted by Gasteiger charge is 2.28. The molecule has 0 saturated carbocycles. The van der Waals surface area contributed by atoms with E-state index in [1.54, 1.807) is 11.0 Å². The molecule has 2 heterocycles. The first-order chi connectivity index (χ1) is 15.0. The zero-order valence-electron chi connectivity index (χ0n) is 17.9. The van der Waals surface area contributed by atoms with Gasteiger partial charge in [0.25, 0.3) is 11.8 Å². The maximum atomic E-state index is 12.9. The van der Waals surface area contributed by atoms with Crippen LogP contribution < -0.4 is 5.32 Å². The second-order valence-corrected chi connectivity index (χ2v) is 8.19. The molecule has 1 aromatic heterocycles. The van der Waals surface area contributed by atoms with Crippen molar-refractivity contribution in [1.29, 1.82) is 0 Å². The van der Waals surface area contributed by atoms with Crippen LogP contribution in [0.4, 0.5) is 0 Å². The van der Waals surface area contributed by atoms with Crippen LogP contribution in [-0.2, 0) is 4.74 Å². The zero-order chi connectivity index (χ0) is 21.8. The Labute approximate surface area is 182 Å². The van der Waals surface area contributed by atoms with Crippen LogP contribution in [0.5, 0.6) is 0 Å². The van der Waals surface area contributed by atoms with Gasteiger partial charge in [0.2, 0.25) is 0 Å². The number of para-hydroxylation sites is 1. The summed E-state index contributed by atoms with van der Waals surface area (Å²) in [6.07, 6.45) is -0.386. The van der Waals surface area contributed by atoms with Gasteiger partial charge >= 0.3 is 0 Å². The number of morpholine rings is 1. The number of pyridine rings is 1. The van der Waals surface area contributed by atoms with Gasteiger partial charge in [-0.1, -0.05) is 50.2 Å². The second kappa shape index (κ2) is 9.27. The molecule has 160 valence electrons. The van der Waals surface area contributed by atoms with Gasteiger partial charge in [-0.3, -0.25) is 9.59 Å². The quantitative estimate of drug-likeness (QED) is 0.685. The maximum Gasteiger partial charge on any atom is 0.254 e. The molecular formula is C25H27N3O3. The molecule has 2 amide bonds. The average molecular weight is 418 g/mol. The topological polar surface area (TPSA) is 71.5 Å². The highest BCUT2D eigenvalue weighted by molar-refractivity contribution is 6.06. The molecule has 0 radical (unpaired) electrons. The third-order valence-electron chi connectivity index (χ3n) is 5.36. The van der Waals surface area contributed by atoms with E-state index in [2.05, 4.69) is 19.2 Å². The Balaban J connectivity index is 1.62. The molecule has 1 fully saturated rings. The number of benzene rings is 2. The largest absolute Gasteiger partial charge is 0.368 e. The Kier molecular flexibility index (Phi) is 6.28. The van der Waals surface area contributed by atoms with Crippen LogP contribution in [0.2, 0.25) is 0 Å². The minimum atomic E-state index is -0.386. The fourth-order valence-corrected chi connectivity index (χ4v) is 3.72. The summed E-state index contributed by atoms with van der Waals surface area (Å²) in [4.78, 5) is 32.4. The van der Waals surface area contributed by atoms with Gasteiger partial charge in [-0.15, -0.1) is 0 Å². The van der Waals surface area contributed by atoms with Crippen molar-refractivity contribution in [1.82, 2.24) is 15.2 Å².